The summed E-state index contributed by atoms with van der Waals surface area (Å²) >= 11 is 3.30. The Balaban J connectivity index is 2.23. The third kappa shape index (κ3) is 5.16. The second kappa shape index (κ2) is 5.34. The van der Waals surface area contributed by atoms with Gasteiger partial charge in [-0.05, 0) is 36.7 Å². The Bertz CT molecular complexity index is 357. The van der Waals surface area contributed by atoms with Gasteiger partial charge in [0.1, 0.15) is 5.60 Å². The van der Waals surface area contributed by atoms with Crippen molar-refractivity contribution < 1.29 is 9.53 Å². The lowest BCUT2D eigenvalue weighted by atomic mass is 10.2. The fraction of sp³-hybridized carbons (Fsp3) is 0.600. The molecule has 0 aliphatic rings. The van der Waals surface area contributed by atoms with Crippen LogP contribution in [0.25, 0.3) is 0 Å². The number of carbonyl (C=O) groups is 1. The molecule has 0 radical (unpaired) electrons. The van der Waals surface area contributed by atoms with Crippen molar-refractivity contribution in [2.24, 2.45) is 0 Å². The van der Waals surface area contributed by atoms with Crippen LogP contribution in [0.2, 0.25) is 0 Å². The number of ether oxygens (including phenoxy) is 1. The van der Waals surface area contributed by atoms with Crippen LogP contribution in [-0.2, 0) is 11.3 Å². The van der Waals surface area contributed by atoms with Crippen LogP contribution >= 0.6 is 15.9 Å². The molecule has 16 heavy (non-hydrogen) atoms. The SMILES string of the molecule is CC(C)(C)OC(=O)NCCn1cc(Br)cn1. The highest BCUT2D eigenvalue weighted by Crippen LogP contribution is 2.07. The molecule has 0 unspecified atom stereocenters. The van der Waals surface area contributed by atoms with Gasteiger partial charge in [0.15, 0.2) is 0 Å². The summed E-state index contributed by atoms with van der Waals surface area (Å²) in [6, 6.07) is 0. The van der Waals surface area contributed by atoms with E-state index in [-0.39, 0.29) is 0 Å². The van der Waals surface area contributed by atoms with Gasteiger partial charge in [0.2, 0.25) is 0 Å². The van der Waals surface area contributed by atoms with E-state index in [4.69, 9.17) is 4.74 Å². The first-order valence-electron chi connectivity index (χ1n) is 5.01. The maximum Gasteiger partial charge on any atom is 0.407 e. The van der Waals surface area contributed by atoms with Gasteiger partial charge in [0.05, 0.1) is 17.2 Å². The molecule has 1 aromatic rings. The molecule has 0 saturated carbocycles. The summed E-state index contributed by atoms with van der Waals surface area (Å²) in [6.45, 7) is 6.60. The Hall–Kier alpha value is -1.04. The number of aromatic nitrogens is 2. The Morgan fingerprint density at radius 1 is 1.62 bits per heavy atom. The van der Waals surface area contributed by atoms with Crippen LogP contribution in [0.5, 0.6) is 0 Å². The molecule has 1 heterocycles. The summed E-state index contributed by atoms with van der Waals surface area (Å²) < 4.78 is 7.75. The number of nitrogens with one attached hydrogen (secondary N) is 1. The molecule has 1 rings (SSSR count). The Kier molecular flexibility index (Phi) is 4.35. The van der Waals surface area contributed by atoms with E-state index in [2.05, 4.69) is 26.3 Å². The normalized spacial score (nSPS) is 11.2. The first kappa shape index (κ1) is 13.0. The second-order valence-corrected chi connectivity index (χ2v) is 5.27. The lowest BCUT2D eigenvalue weighted by molar-refractivity contribution is 0.0525. The molecule has 0 aliphatic heterocycles. The van der Waals surface area contributed by atoms with Gasteiger partial charge >= 0.3 is 6.09 Å². The maximum atomic E-state index is 11.3. The zero-order chi connectivity index (χ0) is 12.2. The van der Waals surface area contributed by atoms with Gasteiger partial charge in [-0.1, -0.05) is 0 Å². The molecule has 1 amide bonds. The number of halogens is 1. The third-order valence-corrected chi connectivity index (χ3v) is 2.02. The zero-order valence-corrected chi connectivity index (χ0v) is 11.2. The van der Waals surface area contributed by atoms with Crippen molar-refractivity contribution in [2.75, 3.05) is 6.54 Å². The molecule has 0 fully saturated rings. The van der Waals surface area contributed by atoms with Crippen LogP contribution in [0.15, 0.2) is 16.9 Å². The first-order valence-corrected chi connectivity index (χ1v) is 5.81. The molecular weight excluding hydrogens is 274 g/mol. The van der Waals surface area contributed by atoms with Crippen LogP contribution in [0.3, 0.4) is 0 Å². The summed E-state index contributed by atoms with van der Waals surface area (Å²) in [5, 5.41) is 6.72. The fourth-order valence-electron chi connectivity index (χ4n) is 1.05. The smallest absolute Gasteiger partial charge is 0.407 e. The average Bonchev–Trinajstić information content (AvgIpc) is 2.48. The monoisotopic (exact) mass is 289 g/mol. The minimum absolute atomic E-state index is 0.404. The van der Waals surface area contributed by atoms with E-state index in [1.54, 1.807) is 10.9 Å². The van der Waals surface area contributed by atoms with Crippen molar-refractivity contribution in [3.8, 4) is 0 Å². The summed E-state index contributed by atoms with van der Waals surface area (Å²) in [4.78, 5) is 11.3. The van der Waals surface area contributed by atoms with Crippen molar-refractivity contribution in [2.45, 2.75) is 32.9 Å². The molecule has 1 aromatic heterocycles. The third-order valence-electron chi connectivity index (χ3n) is 1.61. The molecule has 6 heteroatoms. The number of alkyl carbamates (subject to hydrolysis) is 1. The van der Waals surface area contributed by atoms with Crippen molar-refractivity contribution in [3.63, 3.8) is 0 Å². The Morgan fingerprint density at radius 3 is 2.81 bits per heavy atom. The van der Waals surface area contributed by atoms with E-state index in [0.29, 0.717) is 13.1 Å². The van der Waals surface area contributed by atoms with Crippen molar-refractivity contribution in [1.82, 2.24) is 15.1 Å². The van der Waals surface area contributed by atoms with Crippen LogP contribution in [0.4, 0.5) is 4.79 Å². The number of carbonyl (C=O) groups excluding carboxylic acids is 1. The maximum absolute atomic E-state index is 11.3. The molecular formula is C10H16BrN3O2. The Labute approximate surface area is 103 Å². The molecule has 0 bridgehead atoms. The topological polar surface area (TPSA) is 56.1 Å². The van der Waals surface area contributed by atoms with Crippen molar-refractivity contribution in [1.29, 1.82) is 0 Å². The van der Waals surface area contributed by atoms with Gasteiger partial charge in [0.25, 0.3) is 0 Å². The quantitative estimate of drug-likeness (QED) is 0.928. The Morgan fingerprint density at radius 2 is 2.31 bits per heavy atom. The predicted molar refractivity (Wildman–Crippen MR) is 64.2 cm³/mol. The average molecular weight is 290 g/mol. The molecule has 0 spiro atoms. The standard InChI is InChI=1S/C10H16BrN3O2/c1-10(2,3)16-9(15)12-4-5-14-7-8(11)6-13-14/h6-7H,4-5H2,1-3H3,(H,12,15). The minimum atomic E-state index is -0.460. The highest BCUT2D eigenvalue weighted by molar-refractivity contribution is 9.10. The largest absolute Gasteiger partial charge is 0.444 e. The van der Waals surface area contributed by atoms with Crippen LogP contribution in [0, 0.1) is 0 Å². The number of nitrogens with zero attached hydrogens (tertiary/aromatic N) is 2. The van der Waals surface area contributed by atoms with E-state index < -0.39 is 11.7 Å². The fourth-order valence-corrected chi connectivity index (χ4v) is 1.38. The summed E-state index contributed by atoms with van der Waals surface area (Å²) in [6.07, 6.45) is 3.14. The van der Waals surface area contributed by atoms with Gasteiger partial charge in [-0.15, -0.1) is 0 Å². The molecule has 0 aliphatic carbocycles. The highest BCUT2D eigenvalue weighted by Gasteiger charge is 2.15. The molecule has 90 valence electrons. The van der Waals surface area contributed by atoms with Gasteiger partial charge in [-0.3, -0.25) is 4.68 Å². The molecule has 0 atom stereocenters. The van der Waals surface area contributed by atoms with E-state index in [1.165, 1.54) is 0 Å². The minimum Gasteiger partial charge on any atom is -0.444 e. The lowest BCUT2D eigenvalue weighted by Crippen LogP contribution is -2.34. The first-order chi connectivity index (χ1) is 7.37. The summed E-state index contributed by atoms with van der Waals surface area (Å²) in [7, 11) is 0. The van der Waals surface area contributed by atoms with Crippen LogP contribution < -0.4 is 5.32 Å². The summed E-state index contributed by atoms with van der Waals surface area (Å²) in [5.74, 6) is 0. The van der Waals surface area contributed by atoms with E-state index in [1.807, 2.05) is 27.0 Å². The number of hydrogen-bond donors (Lipinski definition) is 1. The molecule has 0 aromatic carbocycles. The predicted octanol–water partition coefficient (Wildman–Crippen LogP) is 2.17. The van der Waals surface area contributed by atoms with E-state index in [0.717, 1.165) is 4.47 Å². The highest BCUT2D eigenvalue weighted by atomic mass is 79.9. The van der Waals surface area contributed by atoms with Crippen molar-refractivity contribution >= 4 is 22.0 Å². The van der Waals surface area contributed by atoms with E-state index in [9.17, 15) is 4.79 Å². The summed E-state index contributed by atoms with van der Waals surface area (Å²) in [5.41, 5.74) is -0.460. The van der Waals surface area contributed by atoms with Gasteiger partial charge < -0.3 is 10.1 Å². The van der Waals surface area contributed by atoms with Crippen molar-refractivity contribution in [3.05, 3.63) is 16.9 Å². The molecule has 0 saturated heterocycles. The second-order valence-electron chi connectivity index (χ2n) is 4.35. The van der Waals surface area contributed by atoms with Crippen LogP contribution in [0.1, 0.15) is 20.8 Å². The molecule has 5 nitrogen and oxygen atoms in total. The number of rotatable bonds is 3. The number of hydrogen-bond acceptors (Lipinski definition) is 3. The van der Waals surface area contributed by atoms with E-state index >= 15 is 0 Å². The van der Waals surface area contributed by atoms with Gasteiger partial charge in [0, 0.05) is 12.7 Å². The zero-order valence-electron chi connectivity index (χ0n) is 9.66. The van der Waals surface area contributed by atoms with Gasteiger partial charge in [-0.25, -0.2) is 4.79 Å². The lowest BCUT2D eigenvalue weighted by Gasteiger charge is -2.19. The van der Waals surface area contributed by atoms with Gasteiger partial charge in [-0.2, -0.15) is 5.10 Å². The number of amides is 1. The van der Waals surface area contributed by atoms with Crippen LogP contribution in [-0.4, -0.2) is 28.0 Å². The molecule has 1 N–H and O–H groups in total.